The minimum atomic E-state index is 0.812. The fourth-order valence-electron chi connectivity index (χ4n) is 1.55. The molecule has 0 radical (unpaired) electrons. The summed E-state index contributed by atoms with van der Waals surface area (Å²) in [6.45, 7) is 4.00. The van der Waals surface area contributed by atoms with E-state index in [1.807, 2.05) is 62.4 Å². The molecule has 0 aliphatic carbocycles. The molecule has 0 aromatic heterocycles. The van der Waals surface area contributed by atoms with Crippen LogP contribution in [0, 0.1) is 11.8 Å². The molecule has 0 saturated carbocycles. The Balaban J connectivity index is 0.000000956. The van der Waals surface area contributed by atoms with Crippen LogP contribution in [0.5, 0.6) is 11.5 Å². The molecular weight excluding hydrogens is 248 g/mol. The first-order valence-corrected chi connectivity index (χ1v) is 6.62. The highest BCUT2D eigenvalue weighted by Crippen LogP contribution is 2.13. The Labute approximate surface area is 121 Å². The highest BCUT2D eigenvalue weighted by atomic mass is 16.5. The maximum atomic E-state index is 5.16. The molecule has 2 heteroatoms. The summed E-state index contributed by atoms with van der Waals surface area (Å²) in [5.41, 5.74) is 1.86. The number of rotatable bonds is 2. The van der Waals surface area contributed by atoms with Gasteiger partial charge in [0.2, 0.25) is 0 Å². The van der Waals surface area contributed by atoms with E-state index in [1.54, 1.807) is 14.2 Å². The quantitative estimate of drug-likeness (QED) is 0.762. The Bertz CT molecular complexity index is 540. The van der Waals surface area contributed by atoms with Crippen LogP contribution >= 0.6 is 0 Å². The van der Waals surface area contributed by atoms with E-state index in [2.05, 4.69) is 11.8 Å². The van der Waals surface area contributed by atoms with Crippen molar-refractivity contribution >= 4 is 0 Å². The van der Waals surface area contributed by atoms with Crippen molar-refractivity contribution in [2.24, 2.45) is 0 Å². The van der Waals surface area contributed by atoms with Gasteiger partial charge in [0, 0.05) is 11.1 Å². The summed E-state index contributed by atoms with van der Waals surface area (Å²) >= 11 is 0. The lowest BCUT2D eigenvalue weighted by Crippen LogP contribution is -1.84. The first-order valence-electron chi connectivity index (χ1n) is 6.62. The third-order valence-electron chi connectivity index (χ3n) is 2.49. The van der Waals surface area contributed by atoms with E-state index in [-0.39, 0.29) is 0 Å². The summed E-state index contributed by atoms with van der Waals surface area (Å²) < 4.78 is 10.3. The van der Waals surface area contributed by atoms with E-state index in [1.165, 1.54) is 0 Å². The Morgan fingerprint density at radius 1 is 0.700 bits per heavy atom. The van der Waals surface area contributed by atoms with Crippen molar-refractivity contribution in [1.29, 1.82) is 0 Å². The molecular formula is C18H20O2. The van der Waals surface area contributed by atoms with E-state index in [0.29, 0.717) is 0 Å². The Kier molecular flexibility index (Phi) is 6.78. The zero-order valence-corrected chi connectivity index (χ0v) is 12.4. The van der Waals surface area contributed by atoms with Crippen LogP contribution in [0.15, 0.2) is 48.5 Å². The third kappa shape index (κ3) is 4.70. The highest BCUT2D eigenvalue weighted by Gasteiger charge is 1.93. The second kappa shape index (κ2) is 8.66. The number of hydrogen-bond donors (Lipinski definition) is 0. The maximum Gasteiger partial charge on any atom is 0.120 e. The van der Waals surface area contributed by atoms with E-state index in [4.69, 9.17) is 9.47 Å². The number of hydrogen-bond acceptors (Lipinski definition) is 2. The van der Waals surface area contributed by atoms with Gasteiger partial charge in [-0.05, 0) is 36.4 Å². The van der Waals surface area contributed by atoms with E-state index < -0.39 is 0 Å². The number of ether oxygens (including phenoxy) is 2. The molecule has 0 amide bonds. The van der Waals surface area contributed by atoms with E-state index in [9.17, 15) is 0 Å². The maximum absolute atomic E-state index is 5.16. The lowest BCUT2D eigenvalue weighted by Gasteiger charge is -1.99. The standard InChI is InChI=1S/C16H14O2.C2H6/c1-17-15-7-3-5-13(11-15)9-10-14-6-4-8-16(12-14)18-2;1-2/h3-8,11-12H,1-2H3;1-2H3. The van der Waals surface area contributed by atoms with Crippen LogP contribution in [0.4, 0.5) is 0 Å². The van der Waals surface area contributed by atoms with Crippen LogP contribution in [0.1, 0.15) is 25.0 Å². The molecule has 0 aliphatic heterocycles. The summed E-state index contributed by atoms with van der Waals surface area (Å²) in [4.78, 5) is 0. The van der Waals surface area contributed by atoms with Gasteiger partial charge in [0.15, 0.2) is 0 Å². The van der Waals surface area contributed by atoms with Gasteiger partial charge >= 0.3 is 0 Å². The summed E-state index contributed by atoms with van der Waals surface area (Å²) in [6, 6.07) is 15.4. The minimum absolute atomic E-state index is 0.812. The zero-order chi connectivity index (χ0) is 14.8. The summed E-state index contributed by atoms with van der Waals surface area (Å²) in [7, 11) is 3.29. The van der Waals surface area contributed by atoms with Crippen molar-refractivity contribution in [1.82, 2.24) is 0 Å². The molecule has 0 spiro atoms. The fourth-order valence-corrected chi connectivity index (χ4v) is 1.55. The van der Waals surface area contributed by atoms with Gasteiger partial charge < -0.3 is 9.47 Å². The highest BCUT2D eigenvalue weighted by molar-refractivity contribution is 5.46. The molecule has 0 aliphatic rings. The van der Waals surface area contributed by atoms with Crippen molar-refractivity contribution in [2.75, 3.05) is 14.2 Å². The molecule has 0 N–H and O–H groups in total. The molecule has 2 rings (SSSR count). The SMILES string of the molecule is CC.COc1cccc(C#Cc2cccc(OC)c2)c1. The van der Waals surface area contributed by atoms with Gasteiger partial charge in [-0.15, -0.1) is 0 Å². The number of methoxy groups -OCH3 is 2. The summed E-state index contributed by atoms with van der Waals surface area (Å²) in [5.74, 6) is 7.83. The second-order valence-electron chi connectivity index (χ2n) is 3.71. The van der Waals surface area contributed by atoms with Crippen LogP contribution in [0.25, 0.3) is 0 Å². The molecule has 2 aromatic carbocycles. The largest absolute Gasteiger partial charge is 0.497 e. The molecule has 0 atom stereocenters. The summed E-state index contributed by atoms with van der Waals surface area (Å²) in [5, 5.41) is 0. The van der Waals surface area contributed by atoms with Crippen molar-refractivity contribution in [3.63, 3.8) is 0 Å². The average Bonchev–Trinajstić information content (AvgIpc) is 2.55. The smallest absolute Gasteiger partial charge is 0.120 e. The van der Waals surface area contributed by atoms with Gasteiger partial charge in [-0.3, -0.25) is 0 Å². The molecule has 0 unspecified atom stereocenters. The van der Waals surface area contributed by atoms with Gasteiger partial charge in [-0.1, -0.05) is 37.8 Å². The van der Waals surface area contributed by atoms with Crippen LogP contribution < -0.4 is 9.47 Å². The van der Waals surface area contributed by atoms with E-state index in [0.717, 1.165) is 22.6 Å². The number of benzene rings is 2. The Morgan fingerprint density at radius 2 is 1.10 bits per heavy atom. The molecule has 0 bridgehead atoms. The molecule has 20 heavy (non-hydrogen) atoms. The van der Waals surface area contributed by atoms with Crippen LogP contribution in [0.2, 0.25) is 0 Å². The lowest BCUT2D eigenvalue weighted by atomic mass is 10.1. The van der Waals surface area contributed by atoms with Crippen molar-refractivity contribution in [2.45, 2.75) is 13.8 Å². The molecule has 0 fully saturated rings. The van der Waals surface area contributed by atoms with E-state index >= 15 is 0 Å². The molecule has 2 nitrogen and oxygen atoms in total. The fraction of sp³-hybridized carbons (Fsp3) is 0.222. The summed E-state index contributed by atoms with van der Waals surface area (Å²) in [6.07, 6.45) is 0. The molecule has 104 valence electrons. The second-order valence-corrected chi connectivity index (χ2v) is 3.71. The average molecular weight is 268 g/mol. The van der Waals surface area contributed by atoms with Crippen molar-refractivity contribution in [3.05, 3.63) is 59.7 Å². The van der Waals surface area contributed by atoms with Gasteiger partial charge in [0.05, 0.1) is 14.2 Å². The van der Waals surface area contributed by atoms with Gasteiger partial charge in [0.25, 0.3) is 0 Å². The first-order chi connectivity index (χ1) is 9.81. The van der Waals surface area contributed by atoms with Crippen molar-refractivity contribution in [3.8, 4) is 23.3 Å². The van der Waals surface area contributed by atoms with Gasteiger partial charge in [-0.25, -0.2) is 0 Å². The lowest BCUT2D eigenvalue weighted by molar-refractivity contribution is 0.414. The van der Waals surface area contributed by atoms with Gasteiger partial charge in [0.1, 0.15) is 11.5 Å². The van der Waals surface area contributed by atoms with Gasteiger partial charge in [-0.2, -0.15) is 0 Å². The minimum Gasteiger partial charge on any atom is -0.497 e. The van der Waals surface area contributed by atoms with Crippen LogP contribution in [-0.2, 0) is 0 Å². The monoisotopic (exact) mass is 268 g/mol. The van der Waals surface area contributed by atoms with Crippen LogP contribution in [0.3, 0.4) is 0 Å². The third-order valence-corrected chi connectivity index (χ3v) is 2.49. The zero-order valence-electron chi connectivity index (χ0n) is 12.4. The van der Waals surface area contributed by atoms with Crippen molar-refractivity contribution < 1.29 is 9.47 Å². The van der Waals surface area contributed by atoms with Crippen LogP contribution in [-0.4, -0.2) is 14.2 Å². The first kappa shape index (κ1) is 15.7. The molecule has 0 saturated heterocycles. The molecule has 2 aromatic rings. The molecule has 0 heterocycles. The predicted molar refractivity (Wildman–Crippen MR) is 83.3 cm³/mol. The predicted octanol–water partition coefficient (Wildman–Crippen LogP) is 4.13. The topological polar surface area (TPSA) is 18.5 Å². The normalized spacial score (nSPS) is 8.60. The Hall–Kier alpha value is -2.40. The Morgan fingerprint density at radius 3 is 1.45 bits per heavy atom.